The highest BCUT2D eigenvalue weighted by Crippen LogP contribution is 2.30. The van der Waals surface area contributed by atoms with Crippen molar-refractivity contribution in [1.82, 2.24) is 5.32 Å². The molecule has 22 heavy (non-hydrogen) atoms. The van der Waals surface area contributed by atoms with E-state index in [2.05, 4.69) is 10.6 Å². The minimum absolute atomic E-state index is 0.0280. The molecular weight excluding hydrogens is 280 g/mol. The number of hydrogen-bond donors (Lipinski definition) is 3. The van der Waals surface area contributed by atoms with Gasteiger partial charge in [-0.3, -0.25) is 9.59 Å². The average Bonchev–Trinajstić information content (AvgIpc) is 3.34. The zero-order valence-corrected chi connectivity index (χ0v) is 12.5. The highest BCUT2D eigenvalue weighted by Gasteiger charge is 2.29. The average molecular weight is 302 g/mol. The van der Waals surface area contributed by atoms with Gasteiger partial charge in [-0.1, -0.05) is 18.9 Å². The molecule has 0 bridgehead atoms. The van der Waals surface area contributed by atoms with Crippen LogP contribution in [0.5, 0.6) is 0 Å². The van der Waals surface area contributed by atoms with Gasteiger partial charge >= 0.3 is 0 Å². The summed E-state index contributed by atoms with van der Waals surface area (Å²) in [6.45, 7) is 0. The first-order valence-electron chi connectivity index (χ1n) is 8.03. The van der Waals surface area contributed by atoms with Crippen molar-refractivity contribution in [3.05, 3.63) is 29.8 Å². The van der Waals surface area contributed by atoms with Crippen molar-refractivity contribution >= 4 is 17.5 Å². The van der Waals surface area contributed by atoms with Gasteiger partial charge in [-0.05, 0) is 43.9 Å². The summed E-state index contributed by atoms with van der Waals surface area (Å²) in [4.78, 5) is 24.1. The number of aliphatic hydroxyl groups excluding tert-OH is 1. The Labute approximate surface area is 130 Å². The number of carbonyl (C=O) groups is 2. The van der Waals surface area contributed by atoms with Crippen LogP contribution >= 0.6 is 0 Å². The summed E-state index contributed by atoms with van der Waals surface area (Å²) >= 11 is 0. The number of amides is 2. The topological polar surface area (TPSA) is 78.4 Å². The predicted octanol–water partition coefficient (Wildman–Crippen LogP) is 2.07. The molecule has 118 valence electrons. The lowest BCUT2D eigenvalue weighted by Crippen LogP contribution is -2.45. The summed E-state index contributed by atoms with van der Waals surface area (Å²) in [5.74, 6) is -0.0383. The van der Waals surface area contributed by atoms with Crippen LogP contribution in [0, 0.1) is 5.92 Å². The molecule has 2 fully saturated rings. The summed E-state index contributed by atoms with van der Waals surface area (Å²) in [6.07, 6.45) is 5.02. The third kappa shape index (κ3) is 3.65. The van der Waals surface area contributed by atoms with Gasteiger partial charge in [-0.25, -0.2) is 0 Å². The normalized spacial score (nSPS) is 24.6. The van der Waals surface area contributed by atoms with Crippen LogP contribution in [0.3, 0.4) is 0 Å². The lowest BCUT2D eigenvalue weighted by molar-refractivity contribution is -0.117. The first kappa shape index (κ1) is 15.0. The molecule has 3 N–H and O–H groups in total. The van der Waals surface area contributed by atoms with Crippen molar-refractivity contribution in [3.63, 3.8) is 0 Å². The first-order chi connectivity index (χ1) is 10.6. The highest BCUT2D eigenvalue weighted by atomic mass is 16.3. The SMILES string of the molecule is O=C(NC1CCCCC1O)c1cccc(NC(=O)C2CC2)c1. The third-order valence-corrected chi connectivity index (χ3v) is 4.39. The van der Waals surface area contributed by atoms with Gasteiger partial charge in [0.1, 0.15) is 0 Å². The Morgan fingerprint density at radius 3 is 2.59 bits per heavy atom. The van der Waals surface area contributed by atoms with Crippen LogP contribution in [0.4, 0.5) is 5.69 Å². The van der Waals surface area contributed by atoms with Gasteiger partial charge < -0.3 is 15.7 Å². The molecule has 1 aromatic carbocycles. The van der Waals surface area contributed by atoms with Crippen LogP contribution in [0.15, 0.2) is 24.3 Å². The molecule has 5 nitrogen and oxygen atoms in total. The molecular formula is C17H22N2O3. The maximum absolute atomic E-state index is 12.3. The van der Waals surface area contributed by atoms with Gasteiger partial charge in [-0.15, -0.1) is 0 Å². The fourth-order valence-electron chi connectivity index (χ4n) is 2.86. The Morgan fingerprint density at radius 2 is 1.86 bits per heavy atom. The van der Waals surface area contributed by atoms with Gasteiger partial charge in [0.05, 0.1) is 12.1 Å². The molecule has 2 aliphatic rings. The largest absolute Gasteiger partial charge is 0.391 e. The van der Waals surface area contributed by atoms with E-state index in [0.29, 0.717) is 11.3 Å². The van der Waals surface area contributed by atoms with Crippen LogP contribution in [0.1, 0.15) is 48.9 Å². The van der Waals surface area contributed by atoms with E-state index in [1.807, 2.05) is 0 Å². The van der Waals surface area contributed by atoms with Gasteiger partial charge in [0.2, 0.25) is 5.91 Å². The number of carbonyl (C=O) groups excluding carboxylic acids is 2. The second kappa shape index (κ2) is 6.48. The van der Waals surface area contributed by atoms with E-state index < -0.39 is 6.10 Å². The first-order valence-corrected chi connectivity index (χ1v) is 8.03. The van der Waals surface area contributed by atoms with E-state index in [1.165, 1.54) is 0 Å². The van der Waals surface area contributed by atoms with Crippen LogP contribution in [-0.4, -0.2) is 29.1 Å². The molecule has 0 spiro atoms. The van der Waals surface area contributed by atoms with Crippen LogP contribution in [0.25, 0.3) is 0 Å². The number of anilines is 1. The fourth-order valence-corrected chi connectivity index (χ4v) is 2.86. The van der Waals surface area contributed by atoms with Crippen LogP contribution in [0.2, 0.25) is 0 Å². The minimum Gasteiger partial charge on any atom is -0.391 e. The van der Waals surface area contributed by atoms with Crippen molar-refractivity contribution in [3.8, 4) is 0 Å². The van der Waals surface area contributed by atoms with E-state index in [4.69, 9.17) is 0 Å². The van der Waals surface area contributed by atoms with Gasteiger partial charge in [-0.2, -0.15) is 0 Å². The molecule has 0 saturated heterocycles. The number of aliphatic hydroxyl groups is 1. The molecule has 2 saturated carbocycles. The Bertz CT molecular complexity index is 569. The molecule has 1 aromatic rings. The summed E-state index contributed by atoms with van der Waals surface area (Å²) in [5.41, 5.74) is 1.15. The van der Waals surface area contributed by atoms with Gasteiger partial charge in [0.15, 0.2) is 0 Å². The van der Waals surface area contributed by atoms with E-state index in [9.17, 15) is 14.7 Å². The van der Waals surface area contributed by atoms with Gasteiger partial charge in [0, 0.05) is 17.2 Å². The standard InChI is InChI=1S/C17H22N2O3/c20-15-7-2-1-6-14(15)19-17(22)12-4-3-5-13(10-12)18-16(21)11-8-9-11/h3-5,10-11,14-15,20H,1-2,6-9H2,(H,18,21)(H,19,22). The second-order valence-corrected chi connectivity index (χ2v) is 6.28. The Morgan fingerprint density at radius 1 is 1.09 bits per heavy atom. The predicted molar refractivity (Wildman–Crippen MR) is 83.5 cm³/mol. The molecule has 0 radical (unpaired) electrons. The zero-order chi connectivity index (χ0) is 15.5. The molecule has 2 amide bonds. The summed E-state index contributed by atoms with van der Waals surface area (Å²) in [7, 11) is 0. The lowest BCUT2D eigenvalue weighted by atomic mass is 9.92. The number of nitrogens with one attached hydrogen (secondary N) is 2. The maximum Gasteiger partial charge on any atom is 0.251 e. The van der Waals surface area contributed by atoms with Crippen molar-refractivity contribution in [1.29, 1.82) is 0 Å². The number of hydrogen-bond acceptors (Lipinski definition) is 3. The summed E-state index contributed by atoms with van der Waals surface area (Å²) in [5, 5.41) is 15.7. The quantitative estimate of drug-likeness (QED) is 0.796. The molecule has 2 aliphatic carbocycles. The zero-order valence-electron chi connectivity index (χ0n) is 12.5. The maximum atomic E-state index is 12.3. The molecule has 2 atom stereocenters. The number of rotatable bonds is 4. The van der Waals surface area contributed by atoms with Crippen LogP contribution < -0.4 is 10.6 Å². The Hall–Kier alpha value is -1.88. The highest BCUT2D eigenvalue weighted by molar-refractivity contribution is 5.98. The monoisotopic (exact) mass is 302 g/mol. The third-order valence-electron chi connectivity index (χ3n) is 4.39. The van der Waals surface area contributed by atoms with E-state index in [1.54, 1.807) is 24.3 Å². The molecule has 2 unspecified atom stereocenters. The lowest BCUT2D eigenvalue weighted by Gasteiger charge is -2.28. The van der Waals surface area contributed by atoms with Crippen molar-refractivity contribution in [2.75, 3.05) is 5.32 Å². The number of benzene rings is 1. The molecule has 0 aliphatic heterocycles. The van der Waals surface area contributed by atoms with Crippen molar-refractivity contribution < 1.29 is 14.7 Å². The molecule has 5 heteroatoms. The van der Waals surface area contributed by atoms with Crippen molar-refractivity contribution in [2.24, 2.45) is 5.92 Å². The van der Waals surface area contributed by atoms with Crippen molar-refractivity contribution in [2.45, 2.75) is 50.7 Å². The van der Waals surface area contributed by atoms with Gasteiger partial charge in [0.25, 0.3) is 5.91 Å². The Kier molecular flexibility index (Phi) is 4.43. The molecule has 0 aromatic heterocycles. The summed E-state index contributed by atoms with van der Waals surface area (Å²) in [6, 6.07) is 6.77. The van der Waals surface area contributed by atoms with E-state index in [-0.39, 0.29) is 23.8 Å². The smallest absolute Gasteiger partial charge is 0.251 e. The van der Waals surface area contributed by atoms with Crippen LogP contribution in [-0.2, 0) is 4.79 Å². The minimum atomic E-state index is -0.463. The van der Waals surface area contributed by atoms with E-state index in [0.717, 1.165) is 38.5 Å². The molecule has 0 heterocycles. The Balaban J connectivity index is 1.63. The molecule has 3 rings (SSSR count). The second-order valence-electron chi connectivity index (χ2n) is 6.28. The van der Waals surface area contributed by atoms with E-state index >= 15 is 0 Å². The summed E-state index contributed by atoms with van der Waals surface area (Å²) < 4.78 is 0. The fraction of sp³-hybridized carbons (Fsp3) is 0.529.